The van der Waals surface area contributed by atoms with Crippen LogP contribution in [0.4, 0.5) is 0 Å². The van der Waals surface area contributed by atoms with Crippen LogP contribution in [0, 0.1) is 6.92 Å². The van der Waals surface area contributed by atoms with Gasteiger partial charge in [0.1, 0.15) is 5.82 Å². The van der Waals surface area contributed by atoms with Gasteiger partial charge in [0.2, 0.25) is 0 Å². The highest BCUT2D eigenvalue weighted by molar-refractivity contribution is 5.77. The van der Waals surface area contributed by atoms with Gasteiger partial charge in [-0.2, -0.15) is 0 Å². The Morgan fingerprint density at radius 2 is 2.05 bits per heavy atom. The maximum Gasteiger partial charge on any atom is 0.305 e. The van der Waals surface area contributed by atoms with Gasteiger partial charge in [0.25, 0.3) is 0 Å². The van der Waals surface area contributed by atoms with E-state index in [2.05, 4.69) is 24.8 Å². The molecule has 0 aliphatic carbocycles. The summed E-state index contributed by atoms with van der Waals surface area (Å²) in [6.07, 6.45) is 0.116. The predicted octanol–water partition coefficient (Wildman–Crippen LogP) is 2.66. The van der Waals surface area contributed by atoms with Crippen LogP contribution in [0.2, 0.25) is 0 Å². The lowest BCUT2D eigenvalue weighted by molar-refractivity contribution is -0.137. The van der Waals surface area contributed by atoms with Crippen LogP contribution in [0.1, 0.15) is 31.7 Å². The van der Waals surface area contributed by atoms with E-state index in [0.717, 1.165) is 36.5 Å². The van der Waals surface area contributed by atoms with Crippen molar-refractivity contribution in [3.05, 3.63) is 29.6 Å². The molecule has 0 radical (unpaired) electrons. The topological polar surface area (TPSA) is 58.4 Å². The number of carboxylic acid groups (broad SMARTS) is 1. The summed E-state index contributed by atoms with van der Waals surface area (Å²) in [5.74, 6) is 0.165. The zero-order valence-corrected chi connectivity index (χ0v) is 13.0. The number of benzene rings is 1. The van der Waals surface area contributed by atoms with Gasteiger partial charge in [0, 0.05) is 6.54 Å². The highest BCUT2D eigenvalue weighted by Crippen LogP contribution is 2.19. The Morgan fingerprint density at radius 3 is 2.67 bits per heavy atom. The number of fused-ring (bicyclic) bond motifs is 1. The van der Waals surface area contributed by atoms with Crippen LogP contribution in [0.5, 0.6) is 0 Å². The summed E-state index contributed by atoms with van der Waals surface area (Å²) in [4.78, 5) is 17.9. The van der Waals surface area contributed by atoms with E-state index in [1.165, 1.54) is 5.56 Å². The van der Waals surface area contributed by atoms with Gasteiger partial charge in [-0.15, -0.1) is 0 Å². The fourth-order valence-corrected chi connectivity index (χ4v) is 2.51. The lowest BCUT2D eigenvalue weighted by Gasteiger charge is -2.18. The number of aryl methyl sites for hydroxylation is 2. The van der Waals surface area contributed by atoms with Gasteiger partial charge in [-0.1, -0.05) is 19.9 Å². The maximum atomic E-state index is 10.9. The van der Waals surface area contributed by atoms with E-state index in [9.17, 15) is 4.79 Å². The van der Waals surface area contributed by atoms with Crippen molar-refractivity contribution in [2.24, 2.45) is 0 Å². The summed E-state index contributed by atoms with van der Waals surface area (Å²) in [6.45, 7) is 9.41. The molecular weight excluding hydrogens is 266 g/mol. The molecule has 0 amide bonds. The largest absolute Gasteiger partial charge is 0.481 e. The lowest BCUT2D eigenvalue weighted by atomic mass is 10.2. The molecule has 0 spiro atoms. The summed E-state index contributed by atoms with van der Waals surface area (Å²) in [5.41, 5.74) is 3.13. The average molecular weight is 289 g/mol. The van der Waals surface area contributed by atoms with E-state index in [0.29, 0.717) is 6.54 Å². The Morgan fingerprint density at radius 1 is 1.33 bits per heavy atom. The third-order valence-electron chi connectivity index (χ3n) is 3.79. The number of aliphatic carboxylic acids is 1. The lowest BCUT2D eigenvalue weighted by Crippen LogP contribution is -2.24. The van der Waals surface area contributed by atoms with Crippen molar-refractivity contribution in [3.63, 3.8) is 0 Å². The number of rotatable bonds is 7. The van der Waals surface area contributed by atoms with Gasteiger partial charge in [-0.3, -0.25) is 9.69 Å². The summed E-state index contributed by atoms with van der Waals surface area (Å²) in [7, 11) is 0. The van der Waals surface area contributed by atoms with Crippen LogP contribution in [0.15, 0.2) is 18.2 Å². The van der Waals surface area contributed by atoms with Crippen LogP contribution >= 0.6 is 0 Å². The Kier molecular flexibility index (Phi) is 4.96. The van der Waals surface area contributed by atoms with Gasteiger partial charge in [-0.05, 0) is 37.7 Å². The summed E-state index contributed by atoms with van der Waals surface area (Å²) in [6, 6.07) is 6.13. The van der Waals surface area contributed by atoms with Crippen LogP contribution in [-0.4, -0.2) is 38.6 Å². The van der Waals surface area contributed by atoms with E-state index < -0.39 is 5.97 Å². The molecule has 0 atom stereocenters. The fourth-order valence-electron chi connectivity index (χ4n) is 2.51. The van der Waals surface area contributed by atoms with E-state index in [4.69, 9.17) is 10.1 Å². The summed E-state index contributed by atoms with van der Waals surface area (Å²) < 4.78 is 2.04. The molecule has 0 unspecified atom stereocenters. The minimum absolute atomic E-state index is 0.116. The minimum atomic E-state index is -0.780. The number of nitrogens with zero attached hydrogens (tertiary/aromatic N) is 3. The predicted molar refractivity (Wildman–Crippen MR) is 83.3 cm³/mol. The van der Waals surface area contributed by atoms with Crippen molar-refractivity contribution < 1.29 is 9.90 Å². The first-order valence-corrected chi connectivity index (χ1v) is 7.45. The third kappa shape index (κ3) is 3.61. The molecule has 2 rings (SSSR count). The fraction of sp³-hybridized carbons (Fsp3) is 0.500. The standard InChI is InChI=1S/C16H23N3O2/c1-4-18(5-2)11-15-17-13-10-12(3)6-7-14(13)19(15)9-8-16(20)21/h6-7,10H,4-5,8-9,11H2,1-3H3,(H,20,21). The zero-order valence-electron chi connectivity index (χ0n) is 13.0. The number of carbonyl (C=O) groups is 1. The smallest absolute Gasteiger partial charge is 0.305 e. The van der Waals surface area contributed by atoms with Crippen molar-refractivity contribution in [3.8, 4) is 0 Å². The van der Waals surface area contributed by atoms with Gasteiger partial charge in [0.15, 0.2) is 0 Å². The molecule has 1 heterocycles. The van der Waals surface area contributed by atoms with Crippen LogP contribution in [0.3, 0.4) is 0 Å². The molecule has 5 heteroatoms. The zero-order chi connectivity index (χ0) is 15.4. The van der Waals surface area contributed by atoms with E-state index in [1.54, 1.807) is 0 Å². The normalized spacial score (nSPS) is 11.4. The molecule has 1 N–H and O–H groups in total. The molecular formula is C16H23N3O2. The Bertz CT molecular complexity index is 630. The van der Waals surface area contributed by atoms with E-state index in [1.807, 2.05) is 23.6 Å². The highest BCUT2D eigenvalue weighted by atomic mass is 16.4. The van der Waals surface area contributed by atoms with Crippen molar-refractivity contribution in [1.82, 2.24) is 14.5 Å². The maximum absolute atomic E-state index is 10.9. The molecule has 0 bridgehead atoms. The molecule has 0 fully saturated rings. The molecule has 21 heavy (non-hydrogen) atoms. The second-order valence-corrected chi connectivity index (χ2v) is 5.28. The molecule has 0 aliphatic heterocycles. The summed E-state index contributed by atoms with van der Waals surface area (Å²) in [5, 5.41) is 8.95. The van der Waals surface area contributed by atoms with Crippen molar-refractivity contribution in [2.45, 2.75) is 40.3 Å². The Balaban J connectivity index is 2.40. The first-order valence-electron chi connectivity index (χ1n) is 7.45. The number of carboxylic acids is 1. The van der Waals surface area contributed by atoms with Gasteiger partial charge < -0.3 is 9.67 Å². The van der Waals surface area contributed by atoms with Crippen LogP contribution in [0.25, 0.3) is 11.0 Å². The van der Waals surface area contributed by atoms with Crippen molar-refractivity contribution >= 4 is 17.0 Å². The molecule has 0 saturated carbocycles. The average Bonchev–Trinajstić information content (AvgIpc) is 2.78. The molecule has 1 aromatic carbocycles. The first kappa shape index (κ1) is 15.5. The summed E-state index contributed by atoms with van der Waals surface area (Å²) >= 11 is 0. The van der Waals surface area contributed by atoms with Crippen molar-refractivity contribution in [2.75, 3.05) is 13.1 Å². The van der Waals surface area contributed by atoms with Crippen LogP contribution in [-0.2, 0) is 17.9 Å². The minimum Gasteiger partial charge on any atom is -0.481 e. The third-order valence-corrected chi connectivity index (χ3v) is 3.79. The molecule has 5 nitrogen and oxygen atoms in total. The van der Waals surface area contributed by atoms with Gasteiger partial charge >= 0.3 is 5.97 Å². The number of hydrogen-bond donors (Lipinski definition) is 1. The number of imidazole rings is 1. The molecule has 1 aromatic heterocycles. The molecule has 114 valence electrons. The van der Waals surface area contributed by atoms with E-state index >= 15 is 0 Å². The molecule has 2 aromatic rings. The number of hydrogen-bond acceptors (Lipinski definition) is 3. The molecule has 0 saturated heterocycles. The van der Waals surface area contributed by atoms with Gasteiger partial charge in [0.05, 0.1) is 24.0 Å². The quantitative estimate of drug-likeness (QED) is 0.851. The van der Waals surface area contributed by atoms with Crippen LogP contribution < -0.4 is 0 Å². The van der Waals surface area contributed by atoms with Crippen molar-refractivity contribution in [1.29, 1.82) is 0 Å². The second kappa shape index (κ2) is 6.72. The SMILES string of the molecule is CCN(CC)Cc1nc2cc(C)ccc2n1CCC(=O)O. The molecule has 0 aliphatic rings. The first-order chi connectivity index (χ1) is 10.0. The van der Waals surface area contributed by atoms with Gasteiger partial charge in [-0.25, -0.2) is 4.98 Å². The van der Waals surface area contributed by atoms with E-state index in [-0.39, 0.29) is 6.42 Å². The number of aromatic nitrogens is 2. The highest BCUT2D eigenvalue weighted by Gasteiger charge is 2.14. The monoisotopic (exact) mass is 289 g/mol. The Hall–Kier alpha value is -1.88. The Labute approximate surface area is 125 Å². The second-order valence-electron chi connectivity index (χ2n) is 5.28.